The predicted molar refractivity (Wildman–Crippen MR) is 82.8 cm³/mol. The van der Waals surface area contributed by atoms with Crippen molar-refractivity contribution in [1.82, 2.24) is 4.57 Å². The van der Waals surface area contributed by atoms with Gasteiger partial charge < -0.3 is 4.57 Å². The zero-order chi connectivity index (χ0) is 13.3. The van der Waals surface area contributed by atoms with Crippen molar-refractivity contribution >= 4 is 0 Å². The van der Waals surface area contributed by atoms with Crippen LogP contribution in [-0.2, 0) is 6.42 Å². The molecule has 0 saturated carbocycles. The van der Waals surface area contributed by atoms with E-state index in [0.717, 1.165) is 0 Å². The van der Waals surface area contributed by atoms with E-state index in [9.17, 15) is 0 Å². The molecule has 0 radical (unpaired) electrons. The molecular formula is C18H25N. The number of rotatable bonds is 8. The first-order valence-corrected chi connectivity index (χ1v) is 7.62. The predicted octanol–water partition coefficient (Wildman–Crippen LogP) is 5.38. The van der Waals surface area contributed by atoms with Gasteiger partial charge in [0.2, 0.25) is 0 Å². The SMILES string of the molecule is CCCCCCCCc1ccc(-n2cccc2)cc1. The fraction of sp³-hybridized carbons (Fsp3) is 0.444. The van der Waals surface area contributed by atoms with Crippen LogP contribution in [0.1, 0.15) is 51.0 Å². The van der Waals surface area contributed by atoms with Gasteiger partial charge in [-0.3, -0.25) is 0 Å². The summed E-state index contributed by atoms with van der Waals surface area (Å²) in [6, 6.07) is 13.1. The minimum atomic E-state index is 1.22. The van der Waals surface area contributed by atoms with Crippen LogP contribution in [0.4, 0.5) is 0 Å². The van der Waals surface area contributed by atoms with Crippen molar-refractivity contribution in [3.8, 4) is 5.69 Å². The number of hydrogen-bond acceptors (Lipinski definition) is 0. The van der Waals surface area contributed by atoms with E-state index in [1.54, 1.807) is 0 Å². The summed E-state index contributed by atoms with van der Waals surface area (Å²) in [6.45, 7) is 2.27. The molecule has 0 atom stereocenters. The van der Waals surface area contributed by atoms with Crippen LogP contribution in [-0.4, -0.2) is 4.57 Å². The first-order chi connectivity index (χ1) is 9.40. The Hall–Kier alpha value is -1.50. The third-order valence-electron chi connectivity index (χ3n) is 3.66. The molecule has 0 unspecified atom stereocenters. The van der Waals surface area contributed by atoms with E-state index in [1.807, 2.05) is 0 Å². The smallest absolute Gasteiger partial charge is 0.0449 e. The lowest BCUT2D eigenvalue weighted by Gasteiger charge is -2.05. The average Bonchev–Trinajstić information content (AvgIpc) is 2.97. The third kappa shape index (κ3) is 4.59. The summed E-state index contributed by atoms with van der Waals surface area (Å²) in [5, 5.41) is 0. The van der Waals surface area contributed by atoms with Gasteiger partial charge in [-0.05, 0) is 42.7 Å². The summed E-state index contributed by atoms with van der Waals surface area (Å²) < 4.78 is 2.15. The summed E-state index contributed by atoms with van der Waals surface area (Å²) in [5.41, 5.74) is 2.71. The molecule has 0 bridgehead atoms. The molecule has 0 amide bonds. The summed E-state index contributed by atoms with van der Waals surface area (Å²) in [7, 11) is 0. The zero-order valence-electron chi connectivity index (χ0n) is 12.0. The molecular weight excluding hydrogens is 230 g/mol. The van der Waals surface area contributed by atoms with Crippen molar-refractivity contribution in [1.29, 1.82) is 0 Å². The molecule has 0 N–H and O–H groups in total. The Kier molecular flexibility index (Phi) is 5.74. The quantitative estimate of drug-likeness (QED) is 0.558. The Morgan fingerprint density at radius 2 is 1.42 bits per heavy atom. The van der Waals surface area contributed by atoms with Crippen molar-refractivity contribution in [2.24, 2.45) is 0 Å². The minimum absolute atomic E-state index is 1.22. The lowest BCUT2D eigenvalue weighted by molar-refractivity contribution is 0.607. The largest absolute Gasteiger partial charge is 0.324 e. The van der Waals surface area contributed by atoms with Crippen LogP contribution in [0.15, 0.2) is 48.8 Å². The molecule has 2 rings (SSSR count). The lowest BCUT2D eigenvalue weighted by Crippen LogP contribution is -1.91. The van der Waals surface area contributed by atoms with Crippen LogP contribution in [0.3, 0.4) is 0 Å². The molecule has 1 aromatic carbocycles. The maximum atomic E-state index is 2.27. The molecule has 102 valence electrons. The highest BCUT2D eigenvalue weighted by Crippen LogP contribution is 2.13. The van der Waals surface area contributed by atoms with Gasteiger partial charge in [-0.15, -0.1) is 0 Å². The van der Waals surface area contributed by atoms with E-state index in [0.29, 0.717) is 0 Å². The molecule has 0 aliphatic rings. The standard InChI is InChI=1S/C18H25N/c1-2-3-4-5-6-7-10-17-11-13-18(14-12-17)19-15-8-9-16-19/h8-9,11-16H,2-7,10H2,1H3. The van der Waals surface area contributed by atoms with Crippen molar-refractivity contribution in [2.45, 2.75) is 51.9 Å². The fourth-order valence-corrected chi connectivity index (χ4v) is 2.45. The van der Waals surface area contributed by atoms with E-state index in [1.165, 1.54) is 56.2 Å². The molecule has 0 aliphatic heterocycles. The molecule has 1 nitrogen and oxygen atoms in total. The maximum Gasteiger partial charge on any atom is 0.0449 e. The molecule has 19 heavy (non-hydrogen) atoms. The van der Waals surface area contributed by atoms with Gasteiger partial charge in [0.25, 0.3) is 0 Å². The van der Waals surface area contributed by atoms with Gasteiger partial charge in [0, 0.05) is 18.1 Å². The summed E-state index contributed by atoms with van der Waals surface area (Å²) in [6.07, 6.45) is 13.6. The van der Waals surface area contributed by atoms with E-state index in [2.05, 4.69) is 60.3 Å². The Bertz CT molecular complexity index is 439. The summed E-state index contributed by atoms with van der Waals surface area (Å²) in [4.78, 5) is 0. The Morgan fingerprint density at radius 3 is 2.11 bits per heavy atom. The monoisotopic (exact) mass is 255 g/mol. The molecule has 1 heterocycles. The van der Waals surface area contributed by atoms with Crippen LogP contribution in [0, 0.1) is 0 Å². The molecule has 1 heteroatoms. The van der Waals surface area contributed by atoms with Crippen molar-refractivity contribution in [3.63, 3.8) is 0 Å². The molecule has 0 spiro atoms. The number of unbranched alkanes of at least 4 members (excludes halogenated alkanes) is 5. The van der Waals surface area contributed by atoms with Crippen LogP contribution in [0.25, 0.3) is 5.69 Å². The van der Waals surface area contributed by atoms with Crippen LogP contribution in [0.2, 0.25) is 0 Å². The number of hydrogen-bond donors (Lipinski definition) is 0. The lowest BCUT2D eigenvalue weighted by atomic mass is 10.0. The van der Waals surface area contributed by atoms with Gasteiger partial charge >= 0.3 is 0 Å². The maximum absolute atomic E-state index is 2.27. The number of nitrogens with zero attached hydrogens (tertiary/aromatic N) is 1. The van der Waals surface area contributed by atoms with E-state index >= 15 is 0 Å². The Morgan fingerprint density at radius 1 is 0.789 bits per heavy atom. The molecule has 0 aliphatic carbocycles. The van der Waals surface area contributed by atoms with Crippen LogP contribution in [0.5, 0.6) is 0 Å². The highest BCUT2D eigenvalue weighted by Gasteiger charge is 1.97. The van der Waals surface area contributed by atoms with Gasteiger partial charge in [0.15, 0.2) is 0 Å². The number of aryl methyl sites for hydroxylation is 1. The van der Waals surface area contributed by atoms with Crippen LogP contribution >= 0.6 is 0 Å². The first-order valence-electron chi connectivity index (χ1n) is 7.62. The fourth-order valence-electron chi connectivity index (χ4n) is 2.45. The second kappa shape index (κ2) is 7.83. The van der Waals surface area contributed by atoms with Crippen molar-refractivity contribution < 1.29 is 0 Å². The average molecular weight is 255 g/mol. The van der Waals surface area contributed by atoms with E-state index in [4.69, 9.17) is 0 Å². The van der Waals surface area contributed by atoms with Crippen molar-refractivity contribution in [3.05, 3.63) is 54.4 Å². The van der Waals surface area contributed by atoms with Crippen molar-refractivity contribution in [2.75, 3.05) is 0 Å². The molecule has 0 saturated heterocycles. The first kappa shape index (κ1) is 13.9. The summed E-state index contributed by atoms with van der Waals surface area (Å²) >= 11 is 0. The van der Waals surface area contributed by atoms with E-state index in [-0.39, 0.29) is 0 Å². The second-order valence-electron chi connectivity index (χ2n) is 5.27. The normalized spacial score (nSPS) is 10.8. The topological polar surface area (TPSA) is 4.93 Å². The van der Waals surface area contributed by atoms with E-state index < -0.39 is 0 Å². The highest BCUT2D eigenvalue weighted by molar-refractivity contribution is 5.35. The van der Waals surface area contributed by atoms with Gasteiger partial charge in [0.05, 0.1) is 0 Å². The molecule has 0 fully saturated rings. The number of aromatic nitrogens is 1. The third-order valence-corrected chi connectivity index (χ3v) is 3.66. The van der Waals surface area contributed by atoms with Gasteiger partial charge in [-0.25, -0.2) is 0 Å². The minimum Gasteiger partial charge on any atom is -0.324 e. The highest BCUT2D eigenvalue weighted by atomic mass is 14.9. The van der Waals surface area contributed by atoms with Gasteiger partial charge in [-0.2, -0.15) is 0 Å². The van der Waals surface area contributed by atoms with Gasteiger partial charge in [-0.1, -0.05) is 51.2 Å². The number of benzene rings is 1. The summed E-state index contributed by atoms with van der Waals surface area (Å²) in [5.74, 6) is 0. The Balaban J connectivity index is 1.73. The zero-order valence-corrected chi connectivity index (χ0v) is 12.0. The Labute approximate surface area is 117 Å². The molecule has 2 aromatic rings. The molecule has 1 aromatic heterocycles. The van der Waals surface area contributed by atoms with Gasteiger partial charge in [0.1, 0.15) is 0 Å². The van der Waals surface area contributed by atoms with Crippen LogP contribution < -0.4 is 0 Å². The second-order valence-corrected chi connectivity index (χ2v) is 5.27.